The van der Waals surface area contributed by atoms with E-state index in [1.54, 1.807) is 5.57 Å². The zero-order valence-corrected chi connectivity index (χ0v) is 11.6. The molecule has 0 fully saturated rings. The highest BCUT2D eigenvalue weighted by molar-refractivity contribution is 5.86. The van der Waals surface area contributed by atoms with Crippen molar-refractivity contribution in [2.24, 2.45) is 0 Å². The number of hydrogen-bond acceptors (Lipinski definition) is 0. The molecule has 17 heavy (non-hydrogen) atoms. The van der Waals surface area contributed by atoms with Crippen molar-refractivity contribution in [1.29, 1.82) is 0 Å². The first-order chi connectivity index (χ1) is 7.98. The summed E-state index contributed by atoms with van der Waals surface area (Å²) in [5, 5.41) is 0. The maximum atomic E-state index is 2.34. The van der Waals surface area contributed by atoms with Gasteiger partial charge in [0.05, 0.1) is 0 Å². The molecular formula is C17H22. The number of fused-ring (bicyclic) bond motifs is 1. The first-order valence-corrected chi connectivity index (χ1v) is 6.47. The number of benzene rings is 1. The average molecular weight is 226 g/mol. The van der Waals surface area contributed by atoms with Gasteiger partial charge in [0.2, 0.25) is 0 Å². The summed E-state index contributed by atoms with van der Waals surface area (Å²) in [6, 6.07) is 8.83. The molecule has 1 aliphatic rings. The van der Waals surface area contributed by atoms with Gasteiger partial charge in [-0.3, -0.25) is 0 Å². The molecule has 0 heterocycles. The Kier molecular flexibility index (Phi) is 2.99. The summed E-state index contributed by atoms with van der Waals surface area (Å²) in [6.45, 7) is 11.3. The van der Waals surface area contributed by atoms with Crippen LogP contribution in [-0.2, 0) is 5.41 Å². The van der Waals surface area contributed by atoms with Gasteiger partial charge in [-0.2, -0.15) is 0 Å². The van der Waals surface area contributed by atoms with Gasteiger partial charge in [0.25, 0.3) is 0 Å². The standard InChI is InChI=1S/C17H22/c1-6-15-14(11-12(2)3)13-9-7-8-10-16(13)17(15,4)5/h7-11H,6H2,1-5H3. The molecule has 0 amide bonds. The first-order valence-electron chi connectivity index (χ1n) is 6.47. The van der Waals surface area contributed by atoms with E-state index in [0.717, 1.165) is 6.42 Å². The minimum absolute atomic E-state index is 0.187. The van der Waals surface area contributed by atoms with Crippen LogP contribution in [0, 0.1) is 0 Å². The van der Waals surface area contributed by atoms with Gasteiger partial charge in [-0.15, -0.1) is 0 Å². The molecule has 0 N–H and O–H groups in total. The van der Waals surface area contributed by atoms with E-state index in [-0.39, 0.29) is 5.41 Å². The molecule has 0 unspecified atom stereocenters. The van der Waals surface area contributed by atoms with E-state index in [1.807, 2.05) is 0 Å². The lowest BCUT2D eigenvalue weighted by Gasteiger charge is -2.23. The van der Waals surface area contributed by atoms with Crippen LogP contribution in [-0.4, -0.2) is 0 Å². The van der Waals surface area contributed by atoms with E-state index in [1.165, 1.54) is 22.3 Å². The Morgan fingerprint density at radius 3 is 2.41 bits per heavy atom. The summed E-state index contributed by atoms with van der Waals surface area (Å²) in [4.78, 5) is 0. The van der Waals surface area contributed by atoms with Crippen molar-refractivity contribution in [2.45, 2.75) is 46.5 Å². The second-order valence-electron chi connectivity index (χ2n) is 5.64. The third-order valence-corrected chi connectivity index (χ3v) is 3.76. The lowest BCUT2D eigenvalue weighted by Crippen LogP contribution is -2.16. The van der Waals surface area contributed by atoms with Crippen molar-refractivity contribution in [3.8, 4) is 0 Å². The van der Waals surface area contributed by atoms with Crippen molar-refractivity contribution in [2.75, 3.05) is 0 Å². The minimum atomic E-state index is 0.187. The predicted octanol–water partition coefficient (Wildman–Crippen LogP) is 5.11. The van der Waals surface area contributed by atoms with E-state index in [2.05, 4.69) is 65.0 Å². The predicted molar refractivity (Wildman–Crippen MR) is 76.1 cm³/mol. The Morgan fingerprint density at radius 2 is 1.82 bits per heavy atom. The molecule has 0 aromatic heterocycles. The van der Waals surface area contributed by atoms with E-state index in [4.69, 9.17) is 0 Å². The molecule has 2 rings (SSSR count). The summed E-state index contributed by atoms with van der Waals surface area (Å²) >= 11 is 0. The highest BCUT2D eigenvalue weighted by Crippen LogP contribution is 2.47. The number of rotatable bonds is 2. The van der Waals surface area contributed by atoms with Crippen molar-refractivity contribution < 1.29 is 0 Å². The Balaban J connectivity index is 2.71. The van der Waals surface area contributed by atoms with Crippen molar-refractivity contribution in [3.05, 3.63) is 52.6 Å². The van der Waals surface area contributed by atoms with Crippen LogP contribution in [0.25, 0.3) is 5.57 Å². The summed E-state index contributed by atoms with van der Waals surface area (Å²) in [6.07, 6.45) is 3.47. The highest BCUT2D eigenvalue weighted by atomic mass is 14.4. The molecule has 1 aliphatic carbocycles. The monoisotopic (exact) mass is 226 g/mol. The third-order valence-electron chi connectivity index (χ3n) is 3.76. The van der Waals surface area contributed by atoms with Gasteiger partial charge in [-0.25, -0.2) is 0 Å². The Morgan fingerprint density at radius 1 is 1.18 bits per heavy atom. The molecule has 0 atom stereocenters. The molecule has 90 valence electrons. The molecule has 0 heteroatoms. The average Bonchev–Trinajstić information content (AvgIpc) is 2.47. The Labute approximate surface area is 105 Å². The van der Waals surface area contributed by atoms with Gasteiger partial charge in [0.1, 0.15) is 0 Å². The van der Waals surface area contributed by atoms with E-state index in [0.29, 0.717) is 0 Å². The molecule has 0 saturated heterocycles. The second kappa shape index (κ2) is 4.18. The zero-order valence-electron chi connectivity index (χ0n) is 11.6. The summed E-state index contributed by atoms with van der Waals surface area (Å²) < 4.78 is 0. The summed E-state index contributed by atoms with van der Waals surface area (Å²) in [5.74, 6) is 0. The van der Waals surface area contributed by atoms with Crippen LogP contribution in [0.3, 0.4) is 0 Å². The Bertz CT molecular complexity index is 495. The van der Waals surface area contributed by atoms with Gasteiger partial charge in [-0.05, 0) is 37.0 Å². The van der Waals surface area contributed by atoms with E-state index >= 15 is 0 Å². The minimum Gasteiger partial charge on any atom is -0.0758 e. The molecular weight excluding hydrogens is 204 g/mol. The highest BCUT2D eigenvalue weighted by Gasteiger charge is 2.35. The number of allylic oxidation sites excluding steroid dienone is 4. The van der Waals surface area contributed by atoms with E-state index in [9.17, 15) is 0 Å². The second-order valence-corrected chi connectivity index (χ2v) is 5.64. The van der Waals surface area contributed by atoms with Crippen LogP contribution in [0.2, 0.25) is 0 Å². The van der Waals surface area contributed by atoms with Gasteiger partial charge in [0, 0.05) is 5.41 Å². The lowest BCUT2D eigenvalue weighted by atomic mass is 9.80. The molecule has 0 spiro atoms. The first kappa shape index (κ1) is 12.2. The van der Waals surface area contributed by atoms with Crippen molar-refractivity contribution >= 4 is 5.57 Å². The normalized spacial score (nSPS) is 17.0. The number of hydrogen-bond donors (Lipinski definition) is 0. The molecule has 0 aliphatic heterocycles. The lowest BCUT2D eigenvalue weighted by molar-refractivity contribution is 0.617. The van der Waals surface area contributed by atoms with Crippen LogP contribution in [0.5, 0.6) is 0 Å². The SMILES string of the molecule is CCC1=C(C=C(C)C)c2ccccc2C1(C)C. The topological polar surface area (TPSA) is 0 Å². The Hall–Kier alpha value is -1.30. The molecule has 0 radical (unpaired) electrons. The molecule has 0 nitrogen and oxygen atoms in total. The maximum Gasteiger partial charge on any atom is 0.0120 e. The van der Waals surface area contributed by atoms with Crippen LogP contribution in [0.1, 0.15) is 52.2 Å². The van der Waals surface area contributed by atoms with Gasteiger partial charge >= 0.3 is 0 Å². The van der Waals surface area contributed by atoms with Crippen LogP contribution in [0.4, 0.5) is 0 Å². The van der Waals surface area contributed by atoms with E-state index < -0.39 is 0 Å². The fourth-order valence-corrected chi connectivity index (χ4v) is 3.01. The van der Waals surface area contributed by atoms with Crippen LogP contribution < -0.4 is 0 Å². The van der Waals surface area contributed by atoms with Crippen LogP contribution >= 0.6 is 0 Å². The van der Waals surface area contributed by atoms with Gasteiger partial charge in [0.15, 0.2) is 0 Å². The van der Waals surface area contributed by atoms with Crippen molar-refractivity contribution in [3.63, 3.8) is 0 Å². The zero-order chi connectivity index (χ0) is 12.6. The molecule has 1 aromatic carbocycles. The third kappa shape index (κ3) is 1.86. The van der Waals surface area contributed by atoms with Gasteiger partial charge in [-0.1, -0.05) is 62.3 Å². The fraction of sp³-hybridized carbons (Fsp3) is 0.412. The molecule has 0 saturated carbocycles. The molecule has 1 aromatic rings. The summed E-state index contributed by atoms with van der Waals surface area (Å²) in [5.41, 5.74) is 7.48. The smallest absolute Gasteiger partial charge is 0.0120 e. The van der Waals surface area contributed by atoms with Gasteiger partial charge < -0.3 is 0 Å². The largest absolute Gasteiger partial charge is 0.0758 e. The fourth-order valence-electron chi connectivity index (χ4n) is 3.01. The summed E-state index contributed by atoms with van der Waals surface area (Å²) in [7, 11) is 0. The quantitative estimate of drug-likeness (QED) is 0.657. The maximum absolute atomic E-state index is 2.34. The van der Waals surface area contributed by atoms with Crippen molar-refractivity contribution in [1.82, 2.24) is 0 Å². The van der Waals surface area contributed by atoms with Crippen LogP contribution in [0.15, 0.2) is 41.5 Å². The molecule has 0 bridgehead atoms.